The minimum absolute atomic E-state index is 0.573. The van der Waals surface area contributed by atoms with E-state index in [-0.39, 0.29) is 0 Å². The number of hydrogen-bond donors (Lipinski definition) is 2. The Balaban J connectivity index is 1.13. The first kappa shape index (κ1) is 24.2. The molecule has 186 valence electrons. The Morgan fingerprint density at radius 1 is 1.00 bits per heavy atom. The van der Waals surface area contributed by atoms with E-state index >= 15 is 0 Å². The Bertz CT molecular complexity index is 1180. The smallest absolute Gasteiger partial charge is 0.317 e. The highest BCUT2D eigenvalue weighted by Gasteiger charge is 2.27. The van der Waals surface area contributed by atoms with Gasteiger partial charge in [-0.05, 0) is 68.2 Å². The van der Waals surface area contributed by atoms with Crippen molar-refractivity contribution in [2.45, 2.75) is 32.1 Å². The quantitative estimate of drug-likeness (QED) is 0.467. The van der Waals surface area contributed by atoms with E-state index in [0.717, 1.165) is 61.8 Å². The van der Waals surface area contributed by atoms with Gasteiger partial charge < -0.3 is 10.6 Å². The molecule has 1 saturated heterocycles. The molecule has 0 atom stereocenters. The first-order chi connectivity index (χ1) is 17.0. The van der Waals surface area contributed by atoms with Gasteiger partial charge in [0.2, 0.25) is 0 Å². The number of carbonyl (C=O) groups is 1. The molecule has 3 N–H and O–H groups in total. The Labute approximate surface area is 216 Å². The maximum Gasteiger partial charge on any atom is 0.317 e. The van der Waals surface area contributed by atoms with Gasteiger partial charge in [0.1, 0.15) is 0 Å². The number of primary amides is 1. The zero-order chi connectivity index (χ0) is 24.4. The van der Waals surface area contributed by atoms with Gasteiger partial charge in [-0.15, -0.1) is 5.10 Å². The topological polar surface area (TPSA) is 78.9 Å². The SMILES string of the molecule is NC(=O)Nc1nn2ccccc2c1CC1CCC(CN2CCN(c3cccc(Cl)c3Cl)CC2)CC1. The van der Waals surface area contributed by atoms with E-state index in [1.54, 1.807) is 0 Å². The van der Waals surface area contributed by atoms with E-state index in [0.29, 0.717) is 21.8 Å². The van der Waals surface area contributed by atoms with Gasteiger partial charge in [-0.3, -0.25) is 10.2 Å². The molecule has 0 unspecified atom stereocenters. The van der Waals surface area contributed by atoms with Crippen molar-refractivity contribution in [2.75, 3.05) is 42.9 Å². The molecule has 2 fully saturated rings. The molecule has 2 amide bonds. The summed E-state index contributed by atoms with van der Waals surface area (Å²) in [6, 6.07) is 11.3. The fourth-order valence-electron chi connectivity index (χ4n) is 5.65. The van der Waals surface area contributed by atoms with Gasteiger partial charge in [-0.1, -0.05) is 35.3 Å². The van der Waals surface area contributed by atoms with Gasteiger partial charge in [0.15, 0.2) is 5.82 Å². The third kappa shape index (κ3) is 5.52. The second-order valence-corrected chi connectivity index (χ2v) is 10.6. The number of piperazine rings is 1. The number of carbonyl (C=O) groups excluding carboxylic acids is 1. The van der Waals surface area contributed by atoms with E-state index < -0.39 is 6.03 Å². The fraction of sp³-hybridized carbons (Fsp3) is 0.462. The van der Waals surface area contributed by atoms with Crippen LogP contribution in [0.3, 0.4) is 0 Å². The van der Waals surface area contributed by atoms with Gasteiger partial charge in [0, 0.05) is 44.5 Å². The summed E-state index contributed by atoms with van der Waals surface area (Å²) in [5, 5.41) is 8.51. The van der Waals surface area contributed by atoms with E-state index in [4.69, 9.17) is 28.9 Å². The second kappa shape index (κ2) is 10.6. The maximum absolute atomic E-state index is 11.5. The van der Waals surface area contributed by atoms with Crippen LogP contribution in [0.5, 0.6) is 0 Å². The monoisotopic (exact) mass is 514 g/mol. The van der Waals surface area contributed by atoms with Gasteiger partial charge in [0.25, 0.3) is 0 Å². The third-order valence-corrected chi connectivity index (χ3v) is 8.31. The molecular weight excluding hydrogens is 483 g/mol. The number of rotatable bonds is 6. The number of nitrogens with one attached hydrogen (secondary N) is 1. The largest absolute Gasteiger partial charge is 0.368 e. The van der Waals surface area contributed by atoms with E-state index in [2.05, 4.69) is 32.3 Å². The van der Waals surface area contributed by atoms with Crippen LogP contribution in [0.4, 0.5) is 16.3 Å². The molecule has 5 rings (SSSR count). The van der Waals surface area contributed by atoms with Gasteiger partial charge in [0.05, 0.1) is 21.2 Å². The lowest BCUT2D eigenvalue weighted by Crippen LogP contribution is -2.48. The molecule has 1 aliphatic heterocycles. The highest BCUT2D eigenvalue weighted by atomic mass is 35.5. The van der Waals surface area contributed by atoms with E-state index in [1.807, 2.05) is 35.0 Å². The van der Waals surface area contributed by atoms with Crippen LogP contribution in [0.25, 0.3) is 5.52 Å². The number of aromatic nitrogens is 2. The molecule has 35 heavy (non-hydrogen) atoms. The van der Waals surface area contributed by atoms with Crippen molar-refractivity contribution in [2.24, 2.45) is 17.6 Å². The minimum Gasteiger partial charge on any atom is -0.368 e. The molecular formula is C26H32Cl2N6O. The highest BCUT2D eigenvalue weighted by Crippen LogP contribution is 2.35. The average molecular weight is 515 g/mol. The number of nitrogens with zero attached hydrogens (tertiary/aromatic N) is 4. The minimum atomic E-state index is -0.573. The predicted octanol–water partition coefficient (Wildman–Crippen LogP) is 5.30. The fourth-order valence-corrected chi connectivity index (χ4v) is 6.06. The average Bonchev–Trinajstić information content (AvgIpc) is 3.19. The third-order valence-electron chi connectivity index (χ3n) is 7.50. The van der Waals surface area contributed by atoms with Crippen molar-refractivity contribution in [3.63, 3.8) is 0 Å². The first-order valence-corrected chi connectivity index (χ1v) is 13.2. The first-order valence-electron chi connectivity index (χ1n) is 12.4. The summed E-state index contributed by atoms with van der Waals surface area (Å²) in [5.74, 6) is 1.91. The zero-order valence-electron chi connectivity index (χ0n) is 19.8. The summed E-state index contributed by atoms with van der Waals surface area (Å²) < 4.78 is 1.82. The standard InChI is InChI=1S/C26H32Cl2N6O/c27-21-4-3-6-23(24(21)28)33-14-12-32(13-15-33)17-19-9-7-18(8-10-19)16-20-22-5-1-2-11-34(22)31-25(20)30-26(29)35/h1-6,11,18-19H,7-10,12-17H2,(H3,29,30,31,35). The number of urea groups is 1. The number of halogens is 2. The number of benzene rings is 1. The molecule has 1 aromatic carbocycles. The van der Waals surface area contributed by atoms with Crippen LogP contribution in [-0.2, 0) is 6.42 Å². The summed E-state index contributed by atoms with van der Waals surface area (Å²) in [4.78, 5) is 16.4. The van der Waals surface area contributed by atoms with Crippen molar-refractivity contribution in [3.8, 4) is 0 Å². The van der Waals surface area contributed by atoms with Gasteiger partial charge in [-0.25, -0.2) is 9.31 Å². The molecule has 3 heterocycles. The van der Waals surface area contributed by atoms with E-state index in [1.165, 1.54) is 25.7 Å². The molecule has 1 aliphatic carbocycles. The van der Waals surface area contributed by atoms with Crippen LogP contribution in [0.15, 0.2) is 42.6 Å². The van der Waals surface area contributed by atoms with Crippen LogP contribution < -0.4 is 16.0 Å². The Morgan fingerprint density at radius 2 is 1.74 bits per heavy atom. The molecule has 2 aliphatic rings. The lowest BCUT2D eigenvalue weighted by Gasteiger charge is -2.39. The normalized spacial score (nSPS) is 21.4. The molecule has 1 saturated carbocycles. The molecule has 2 aromatic heterocycles. The molecule has 0 spiro atoms. The maximum atomic E-state index is 11.5. The summed E-state index contributed by atoms with van der Waals surface area (Å²) in [5.41, 5.74) is 8.56. The molecule has 3 aromatic rings. The number of hydrogen-bond acceptors (Lipinski definition) is 4. The van der Waals surface area contributed by atoms with Crippen LogP contribution in [-0.4, -0.2) is 53.3 Å². The number of amides is 2. The predicted molar refractivity (Wildman–Crippen MR) is 143 cm³/mol. The van der Waals surface area contributed by atoms with Crippen molar-refractivity contribution in [1.29, 1.82) is 0 Å². The van der Waals surface area contributed by atoms with Gasteiger partial charge in [-0.2, -0.15) is 0 Å². The number of fused-ring (bicyclic) bond motifs is 1. The Morgan fingerprint density at radius 3 is 2.49 bits per heavy atom. The highest BCUT2D eigenvalue weighted by molar-refractivity contribution is 6.43. The van der Waals surface area contributed by atoms with Crippen molar-refractivity contribution >= 4 is 46.3 Å². The lowest BCUT2D eigenvalue weighted by molar-refractivity contribution is 0.173. The molecule has 0 bridgehead atoms. The summed E-state index contributed by atoms with van der Waals surface area (Å²) in [7, 11) is 0. The van der Waals surface area contributed by atoms with Gasteiger partial charge >= 0.3 is 6.03 Å². The van der Waals surface area contributed by atoms with Crippen molar-refractivity contribution in [1.82, 2.24) is 14.5 Å². The Hall–Kier alpha value is -2.48. The van der Waals surface area contributed by atoms with Crippen molar-refractivity contribution < 1.29 is 4.79 Å². The van der Waals surface area contributed by atoms with Crippen LogP contribution in [0.2, 0.25) is 10.0 Å². The summed E-state index contributed by atoms with van der Waals surface area (Å²) in [6.45, 7) is 5.20. The van der Waals surface area contributed by atoms with Crippen LogP contribution in [0, 0.1) is 11.8 Å². The molecule has 0 radical (unpaired) electrons. The number of anilines is 2. The second-order valence-electron chi connectivity index (χ2n) is 9.80. The summed E-state index contributed by atoms with van der Waals surface area (Å²) in [6.07, 6.45) is 7.69. The zero-order valence-corrected chi connectivity index (χ0v) is 21.3. The Kier molecular flexibility index (Phi) is 7.37. The molecule has 9 heteroatoms. The lowest BCUT2D eigenvalue weighted by atomic mass is 9.79. The number of nitrogens with two attached hydrogens (primary N) is 1. The van der Waals surface area contributed by atoms with Crippen LogP contribution in [0.1, 0.15) is 31.2 Å². The van der Waals surface area contributed by atoms with Crippen LogP contribution >= 0.6 is 23.2 Å². The number of pyridine rings is 1. The van der Waals surface area contributed by atoms with Crippen molar-refractivity contribution in [3.05, 3.63) is 58.2 Å². The molecule has 7 nitrogen and oxygen atoms in total. The van der Waals surface area contributed by atoms with E-state index in [9.17, 15) is 4.79 Å². The summed E-state index contributed by atoms with van der Waals surface area (Å²) >= 11 is 12.6.